The van der Waals surface area contributed by atoms with Crippen LogP contribution in [0.5, 0.6) is 0 Å². The van der Waals surface area contributed by atoms with Gasteiger partial charge in [0.1, 0.15) is 6.54 Å². The Kier molecular flexibility index (Phi) is 0.418. The zero-order chi connectivity index (χ0) is 4.57. The van der Waals surface area contributed by atoms with Gasteiger partial charge in [-0.05, 0) is 0 Å². The van der Waals surface area contributed by atoms with Gasteiger partial charge in [-0.3, -0.25) is 4.79 Å². The van der Waals surface area contributed by atoms with Crippen LogP contribution in [0.3, 0.4) is 0 Å². The number of nitroso groups, excluding NO2 is 1. The van der Waals surface area contributed by atoms with E-state index < -0.39 is 0 Å². The normalized spacial score (nSPS) is 18.0. The third-order valence-electron chi connectivity index (χ3n) is 0.568. The lowest BCUT2D eigenvalue weighted by Gasteiger charge is -1.66. The Hall–Kier alpha value is -0.930. The van der Waals surface area contributed by atoms with Crippen molar-refractivity contribution in [2.45, 2.75) is 0 Å². The minimum Gasteiger partial charge on any atom is -0.271 e. The summed E-state index contributed by atoms with van der Waals surface area (Å²) in [7, 11) is 0. The highest BCUT2D eigenvalue weighted by molar-refractivity contribution is 5.91. The van der Waals surface area contributed by atoms with Gasteiger partial charge < -0.3 is 0 Å². The molecule has 1 rings (SSSR count). The highest BCUT2D eigenvalue weighted by atomic mass is 16.3. The molecule has 0 unspecified atom stereocenters. The fourth-order valence-electron chi connectivity index (χ4n) is 0.167. The van der Waals surface area contributed by atoms with Crippen LogP contribution in [0.2, 0.25) is 0 Å². The molecule has 0 saturated carbocycles. The van der Waals surface area contributed by atoms with Crippen molar-refractivity contribution in [1.82, 2.24) is 5.01 Å². The summed E-state index contributed by atoms with van der Waals surface area (Å²) in [5.74, 6) is -0.190. The number of carbonyl (C=O) groups excluding carboxylic acids is 1. The molecule has 4 heteroatoms. The monoisotopic (exact) mass is 86.0 g/mol. The van der Waals surface area contributed by atoms with Gasteiger partial charge in [-0.2, -0.15) is 5.01 Å². The molecule has 1 amide bonds. The summed E-state index contributed by atoms with van der Waals surface area (Å²) < 4.78 is 0. The second-order valence-corrected chi connectivity index (χ2v) is 1.03. The van der Waals surface area contributed by atoms with E-state index in [2.05, 4.69) is 5.29 Å². The second kappa shape index (κ2) is 0.767. The fourth-order valence-corrected chi connectivity index (χ4v) is 0.167. The van der Waals surface area contributed by atoms with Gasteiger partial charge in [0, 0.05) is 0 Å². The molecule has 0 N–H and O–H groups in total. The van der Waals surface area contributed by atoms with Gasteiger partial charge in [-0.1, -0.05) is 0 Å². The standard InChI is InChI=1S/C2H2N2O2/c5-2-1-4(2)3-6/h1H2. The van der Waals surface area contributed by atoms with Crippen LogP contribution >= 0.6 is 0 Å². The fraction of sp³-hybridized carbons (Fsp3) is 0.500. The molecule has 1 heterocycles. The van der Waals surface area contributed by atoms with E-state index in [9.17, 15) is 9.70 Å². The van der Waals surface area contributed by atoms with Crippen LogP contribution in [0.15, 0.2) is 5.29 Å². The molecule has 1 fully saturated rings. The Morgan fingerprint density at radius 1 is 1.83 bits per heavy atom. The summed E-state index contributed by atoms with van der Waals surface area (Å²) in [6, 6.07) is 0. The molecular weight excluding hydrogens is 84.0 g/mol. The summed E-state index contributed by atoms with van der Waals surface area (Å²) in [6.45, 7) is 0.212. The molecule has 0 aromatic rings. The van der Waals surface area contributed by atoms with E-state index in [-0.39, 0.29) is 12.5 Å². The minimum atomic E-state index is -0.190. The first-order valence-electron chi connectivity index (χ1n) is 1.48. The summed E-state index contributed by atoms with van der Waals surface area (Å²) in [5, 5.41) is 3.16. The van der Waals surface area contributed by atoms with Crippen LogP contribution in [-0.2, 0) is 4.79 Å². The SMILES string of the molecule is O=NN1CC1=O. The van der Waals surface area contributed by atoms with E-state index in [0.29, 0.717) is 0 Å². The maximum Gasteiger partial charge on any atom is 0.267 e. The highest BCUT2D eigenvalue weighted by Crippen LogP contribution is 2.04. The maximum atomic E-state index is 9.75. The van der Waals surface area contributed by atoms with Crippen LogP contribution in [0.4, 0.5) is 0 Å². The van der Waals surface area contributed by atoms with Gasteiger partial charge in [-0.15, -0.1) is 4.91 Å². The van der Waals surface area contributed by atoms with E-state index in [1.54, 1.807) is 0 Å². The van der Waals surface area contributed by atoms with Crippen LogP contribution < -0.4 is 0 Å². The van der Waals surface area contributed by atoms with Gasteiger partial charge in [0.05, 0.1) is 5.29 Å². The van der Waals surface area contributed by atoms with Crippen molar-refractivity contribution >= 4 is 5.91 Å². The summed E-state index contributed by atoms with van der Waals surface area (Å²) in [5.41, 5.74) is 0. The molecule has 32 valence electrons. The van der Waals surface area contributed by atoms with E-state index in [1.165, 1.54) is 0 Å². The molecule has 0 aromatic heterocycles. The summed E-state index contributed by atoms with van der Waals surface area (Å²) in [4.78, 5) is 19.0. The first-order valence-corrected chi connectivity index (χ1v) is 1.48. The van der Waals surface area contributed by atoms with Crippen LogP contribution in [0, 0.1) is 4.91 Å². The van der Waals surface area contributed by atoms with Crippen molar-refractivity contribution in [2.24, 2.45) is 5.29 Å². The molecule has 0 atom stereocenters. The minimum absolute atomic E-state index is 0.190. The Bertz CT molecular complexity index is 99.7. The Morgan fingerprint density at radius 3 is 2.33 bits per heavy atom. The molecule has 4 nitrogen and oxygen atoms in total. The lowest BCUT2D eigenvalue weighted by molar-refractivity contribution is -0.113. The molecule has 0 aliphatic carbocycles. The smallest absolute Gasteiger partial charge is 0.267 e. The topological polar surface area (TPSA) is 49.5 Å². The largest absolute Gasteiger partial charge is 0.271 e. The molecular formula is C2H2N2O2. The van der Waals surface area contributed by atoms with Crippen LogP contribution in [-0.4, -0.2) is 17.5 Å². The van der Waals surface area contributed by atoms with Crippen LogP contribution in [0.1, 0.15) is 0 Å². The predicted octanol–water partition coefficient (Wildman–Crippen LogP) is -0.490. The third-order valence-corrected chi connectivity index (χ3v) is 0.568. The van der Waals surface area contributed by atoms with Crippen molar-refractivity contribution in [2.75, 3.05) is 6.54 Å². The third kappa shape index (κ3) is 0.263. The Morgan fingerprint density at radius 2 is 2.33 bits per heavy atom. The number of nitrogens with zero attached hydrogens (tertiary/aromatic N) is 2. The number of rotatable bonds is 1. The summed E-state index contributed by atoms with van der Waals surface area (Å²) >= 11 is 0. The number of hydrogen-bond donors (Lipinski definition) is 0. The molecule has 1 aliphatic heterocycles. The number of hydrogen-bond acceptors (Lipinski definition) is 3. The van der Waals surface area contributed by atoms with E-state index >= 15 is 0 Å². The zero-order valence-electron chi connectivity index (χ0n) is 2.92. The van der Waals surface area contributed by atoms with Crippen molar-refractivity contribution in [3.05, 3.63) is 4.91 Å². The molecule has 1 saturated heterocycles. The quantitative estimate of drug-likeness (QED) is 0.319. The first-order chi connectivity index (χ1) is 2.84. The van der Waals surface area contributed by atoms with Crippen molar-refractivity contribution in [3.8, 4) is 0 Å². The maximum absolute atomic E-state index is 9.75. The molecule has 0 bridgehead atoms. The highest BCUT2D eigenvalue weighted by Gasteiger charge is 2.31. The van der Waals surface area contributed by atoms with Gasteiger partial charge in [-0.25, -0.2) is 0 Å². The van der Waals surface area contributed by atoms with Crippen molar-refractivity contribution in [3.63, 3.8) is 0 Å². The average molecular weight is 86.0 g/mol. The van der Waals surface area contributed by atoms with Gasteiger partial charge in [0.15, 0.2) is 0 Å². The van der Waals surface area contributed by atoms with E-state index in [1.807, 2.05) is 0 Å². The molecule has 0 aromatic carbocycles. The second-order valence-electron chi connectivity index (χ2n) is 1.03. The van der Waals surface area contributed by atoms with Crippen molar-refractivity contribution < 1.29 is 4.79 Å². The van der Waals surface area contributed by atoms with Crippen molar-refractivity contribution in [1.29, 1.82) is 0 Å². The predicted molar refractivity (Wildman–Crippen MR) is 17.5 cm³/mol. The lowest BCUT2D eigenvalue weighted by atomic mass is 11.0. The van der Waals surface area contributed by atoms with Gasteiger partial charge in [0.2, 0.25) is 0 Å². The molecule has 0 spiro atoms. The number of carbonyl (C=O) groups is 1. The van der Waals surface area contributed by atoms with Gasteiger partial charge in [0.25, 0.3) is 5.91 Å². The van der Waals surface area contributed by atoms with Gasteiger partial charge >= 0.3 is 0 Å². The summed E-state index contributed by atoms with van der Waals surface area (Å²) in [6.07, 6.45) is 0. The van der Waals surface area contributed by atoms with E-state index in [0.717, 1.165) is 5.01 Å². The molecule has 0 radical (unpaired) electrons. The molecule has 1 aliphatic rings. The Labute approximate surface area is 33.7 Å². The number of amides is 1. The van der Waals surface area contributed by atoms with Crippen LogP contribution in [0.25, 0.3) is 0 Å². The zero-order valence-corrected chi connectivity index (χ0v) is 2.92. The lowest BCUT2D eigenvalue weighted by Crippen LogP contribution is -1.78. The molecule has 6 heavy (non-hydrogen) atoms. The Balaban J connectivity index is 2.44. The first kappa shape index (κ1) is 3.27. The average Bonchev–Trinajstić information content (AvgIpc) is 2.19. The van der Waals surface area contributed by atoms with E-state index in [4.69, 9.17) is 0 Å².